The van der Waals surface area contributed by atoms with Gasteiger partial charge in [-0.1, -0.05) is 46.6 Å². The summed E-state index contributed by atoms with van der Waals surface area (Å²) in [5, 5.41) is 15.7. The quantitative estimate of drug-likeness (QED) is 0.498. The zero-order valence-corrected chi connectivity index (χ0v) is 14.9. The third-order valence-electron chi connectivity index (χ3n) is 3.94. The average Bonchev–Trinajstić information content (AvgIpc) is 3.10. The molecule has 0 saturated heterocycles. The molecule has 0 spiro atoms. The second-order valence-corrected chi connectivity index (χ2v) is 6.48. The van der Waals surface area contributed by atoms with Crippen molar-refractivity contribution in [3.05, 3.63) is 57.6 Å². The number of carbonyl (C=O) groups is 1. The van der Waals surface area contributed by atoms with Crippen LogP contribution in [0, 0.1) is 0 Å². The number of carbonyl (C=O) groups excluding carboxylic acids is 1. The number of para-hydroxylation sites is 1. The molecule has 1 aromatic heterocycles. The fraction of sp³-hybridized carbons (Fsp3) is 0.0556. The summed E-state index contributed by atoms with van der Waals surface area (Å²) in [5.41, 5.74) is 3.06. The third kappa shape index (κ3) is 2.64. The minimum Gasteiger partial charge on any atom is -0.494 e. The van der Waals surface area contributed by atoms with Crippen molar-refractivity contribution in [1.29, 1.82) is 0 Å². The first-order chi connectivity index (χ1) is 12.5. The number of aliphatic imine (C=N–C) groups is 1. The molecule has 2 aromatic carbocycles. The summed E-state index contributed by atoms with van der Waals surface area (Å²) in [6.45, 7) is 1.26. The van der Waals surface area contributed by atoms with E-state index in [0.29, 0.717) is 49.2 Å². The van der Waals surface area contributed by atoms with Crippen LogP contribution in [0.15, 0.2) is 46.5 Å². The number of hydrogen-bond acceptors (Lipinski definition) is 5. The molecule has 2 N–H and O–H groups in total. The molecule has 26 heavy (non-hydrogen) atoms. The lowest BCUT2D eigenvalue weighted by molar-refractivity contribution is -0.140. The van der Waals surface area contributed by atoms with E-state index in [1.807, 2.05) is 18.2 Å². The molecule has 0 amide bonds. The molecule has 3 aromatic rings. The molecule has 0 saturated carbocycles. The maximum atomic E-state index is 11.2. The smallest absolute Gasteiger partial charge is 0.332 e. The second-order valence-electron chi connectivity index (χ2n) is 5.66. The lowest BCUT2D eigenvalue weighted by Gasteiger charge is -2.04. The first-order valence-corrected chi connectivity index (χ1v) is 8.35. The topological polar surface area (TPSA) is 87.0 Å². The number of nitrogens with zero attached hydrogens (tertiary/aromatic N) is 2. The van der Waals surface area contributed by atoms with Gasteiger partial charge >= 0.3 is 5.97 Å². The highest BCUT2D eigenvalue weighted by molar-refractivity contribution is 6.58. The normalized spacial score (nSPS) is 14.6. The molecule has 0 fully saturated rings. The molecule has 0 bridgehead atoms. The van der Waals surface area contributed by atoms with Crippen LogP contribution in [0.5, 0.6) is 5.88 Å². The SMILES string of the molecule is CC(=O)O/N=C1/C(c2c(O)[nH]c3cc(Cl)c(Cl)cc23)=Nc2ccccc21. The van der Waals surface area contributed by atoms with Crippen LogP contribution in [0.4, 0.5) is 5.69 Å². The van der Waals surface area contributed by atoms with E-state index in [2.05, 4.69) is 15.1 Å². The highest BCUT2D eigenvalue weighted by atomic mass is 35.5. The second kappa shape index (κ2) is 6.16. The van der Waals surface area contributed by atoms with Gasteiger partial charge in [0.2, 0.25) is 0 Å². The molecule has 0 atom stereocenters. The van der Waals surface area contributed by atoms with Gasteiger partial charge in [-0.05, 0) is 18.2 Å². The Bertz CT molecular complexity index is 1130. The number of hydrogen-bond donors (Lipinski definition) is 2. The van der Waals surface area contributed by atoms with E-state index in [-0.39, 0.29) is 5.88 Å². The van der Waals surface area contributed by atoms with Crippen LogP contribution in [0.2, 0.25) is 10.0 Å². The molecule has 130 valence electrons. The molecule has 2 heterocycles. The largest absolute Gasteiger partial charge is 0.494 e. The van der Waals surface area contributed by atoms with E-state index in [4.69, 9.17) is 28.0 Å². The zero-order valence-electron chi connectivity index (χ0n) is 13.4. The van der Waals surface area contributed by atoms with Gasteiger partial charge in [-0.3, -0.25) is 0 Å². The molecule has 1 aliphatic rings. The van der Waals surface area contributed by atoms with Gasteiger partial charge in [0, 0.05) is 17.9 Å². The van der Waals surface area contributed by atoms with Gasteiger partial charge in [0.1, 0.15) is 11.4 Å². The van der Waals surface area contributed by atoms with Crippen LogP contribution >= 0.6 is 23.2 Å². The van der Waals surface area contributed by atoms with Crippen molar-refractivity contribution in [3.63, 3.8) is 0 Å². The van der Waals surface area contributed by atoms with Crippen LogP contribution < -0.4 is 0 Å². The summed E-state index contributed by atoms with van der Waals surface area (Å²) < 4.78 is 0. The maximum Gasteiger partial charge on any atom is 0.332 e. The van der Waals surface area contributed by atoms with Crippen molar-refractivity contribution in [3.8, 4) is 5.88 Å². The van der Waals surface area contributed by atoms with Gasteiger partial charge in [0.05, 0.1) is 26.8 Å². The minimum atomic E-state index is -0.556. The first-order valence-electron chi connectivity index (χ1n) is 7.60. The van der Waals surface area contributed by atoms with E-state index in [0.717, 1.165) is 0 Å². The van der Waals surface area contributed by atoms with Gasteiger partial charge in [0.15, 0.2) is 5.88 Å². The zero-order chi connectivity index (χ0) is 18.4. The lowest BCUT2D eigenvalue weighted by atomic mass is 10.0. The summed E-state index contributed by atoms with van der Waals surface area (Å²) in [6.07, 6.45) is 0. The predicted molar refractivity (Wildman–Crippen MR) is 101 cm³/mol. The lowest BCUT2D eigenvalue weighted by Crippen LogP contribution is -2.14. The summed E-state index contributed by atoms with van der Waals surface area (Å²) in [5.74, 6) is -0.667. The fourth-order valence-electron chi connectivity index (χ4n) is 2.86. The molecule has 6 nitrogen and oxygen atoms in total. The van der Waals surface area contributed by atoms with Crippen molar-refractivity contribution in [2.45, 2.75) is 6.92 Å². The molecular weight excluding hydrogens is 377 g/mol. The summed E-state index contributed by atoms with van der Waals surface area (Å²) in [4.78, 5) is 23.5. The predicted octanol–water partition coefficient (Wildman–Crippen LogP) is 4.58. The fourth-order valence-corrected chi connectivity index (χ4v) is 3.19. The van der Waals surface area contributed by atoms with E-state index >= 15 is 0 Å². The first kappa shape index (κ1) is 16.6. The van der Waals surface area contributed by atoms with Crippen LogP contribution in [0.25, 0.3) is 10.9 Å². The number of nitrogens with one attached hydrogen (secondary N) is 1. The molecule has 0 aliphatic carbocycles. The number of oxime groups is 1. The van der Waals surface area contributed by atoms with E-state index in [1.165, 1.54) is 6.92 Å². The maximum absolute atomic E-state index is 11.2. The number of halogens is 2. The van der Waals surface area contributed by atoms with Crippen molar-refractivity contribution in [2.75, 3.05) is 0 Å². The number of benzene rings is 2. The molecular formula is C18H11Cl2N3O3. The average molecular weight is 388 g/mol. The highest BCUT2D eigenvalue weighted by Crippen LogP contribution is 2.38. The Morgan fingerprint density at radius 1 is 1.23 bits per heavy atom. The van der Waals surface area contributed by atoms with Gasteiger partial charge in [-0.25, -0.2) is 9.79 Å². The van der Waals surface area contributed by atoms with Crippen molar-refractivity contribution >= 4 is 57.2 Å². The van der Waals surface area contributed by atoms with Crippen molar-refractivity contribution in [1.82, 2.24) is 4.98 Å². The third-order valence-corrected chi connectivity index (χ3v) is 4.66. The number of H-pyrrole nitrogens is 1. The van der Waals surface area contributed by atoms with Gasteiger partial charge in [-0.2, -0.15) is 0 Å². The van der Waals surface area contributed by atoms with E-state index in [9.17, 15) is 9.90 Å². The number of aromatic amines is 1. The standard InChI is InChI=1S/C18H11Cl2N3O3/c1-8(24)26-23-16-9-4-2-3-5-13(9)21-17(16)15-10-6-11(19)12(20)7-14(10)22-18(15)25/h2-7,22,25H,1H3/b23-16+. The van der Waals surface area contributed by atoms with Crippen molar-refractivity contribution in [2.24, 2.45) is 10.1 Å². The van der Waals surface area contributed by atoms with Crippen LogP contribution in [-0.2, 0) is 9.63 Å². The minimum absolute atomic E-state index is 0.111. The number of fused-ring (bicyclic) bond motifs is 2. The van der Waals surface area contributed by atoms with Gasteiger partial charge in [-0.15, -0.1) is 0 Å². The van der Waals surface area contributed by atoms with Crippen LogP contribution in [0.3, 0.4) is 0 Å². The summed E-state index contributed by atoms with van der Waals surface area (Å²) in [7, 11) is 0. The van der Waals surface area contributed by atoms with Gasteiger partial charge in [0.25, 0.3) is 0 Å². The highest BCUT2D eigenvalue weighted by Gasteiger charge is 2.29. The molecule has 0 unspecified atom stereocenters. The molecule has 4 rings (SSSR count). The Morgan fingerprint density at radius 3 is 2.73 bits per heavy atom. The number of aromatic nitrogens is 1. The Hall–Kier alpha value is -2.83. The van der Waals surface area contributed by atoms with Crippen LogP contribution in [-0.4, -0.2) is 27.5 Å². The Balaban J connectivity index is 1.96. The van der Waals surface area contributed by atoms with Crippen molar-refractivity contribution < 1.29 is 14.7 Å². The van der Waals surface area contributed by atoms with E-state index in [1.54, 1.807) is 18.2 Å². The summed E-state index contributed by atoms with van der Waals surface area (Å²) >= 11 is 12.2. The molecule has 8 heteroatoms. The summed E-state index contributed by atoms with van der Waals surface area (Å²) in [6, 6.07) is 10.5. The number of rotatable bonds is 2. The number of aromatic hydroxyl groups is 1. The van der Waals surface area contributed by atoms with Crippen LogP contribution in [0.1, 0.15) is 18.1 Å². The Labute approximate surface area is 157 Å². The van der Waals surface area contributed by atoms with Gasteiger partial charge < -0.3 is 14.9 Å². The molecule has 0 radical (unpaired) electrons. The Kier molecular flexibility index (Phi) is 3.94. The molecule has 1 aliphatic heterocycles. The van der Waals surface area contributed by atoms with E-state index < -0.39 is 5.97 Å². The Morgan fingerprint density at radius 2 is 1.96 bits per heavy atom. The monoisotopic (exact) mass is 387 g/mol.